The van der Waals surface area contributed by atoms with E-state index in [1.54, 1.807) is 0 Å². The lowest BCUT2D eigenvalue weighted by molar-refractivity contribution is 0.232. The fourth-order valence-corrected chi connectivity index (χ4v) is 3.18. The van der Waals surface area contributed by atoms with Crippen molar-refractivity contribution in [3.05, 3.63) is 11.1 Å². The van der Waals surface area contributed by atoms with E-state index < -0.39 is 0 Å². The molecule has 1 aliphatic carbocycles. The van der Waals surface area contributed by atoms with E-state index in [0.717, 1.165) is 10.8 Å². The zero-order chi connectivity index (χ0) is 10.7. The molecule has 1 saturated carbocycles. The smallest absolute Gasteiger partial charge is 0.0669 e. The van der Waals surface area contributed by atoms with Crippen LogP contribution in [0.4, 0.5) is 0 Å². The fourth-order valence-electron chi connectivity index (χ4n) is 2.58. The fraction of sp³-hybridized carbons (Fsp3) is 0.818. The van der Waals surface area contributed by atoms with Gasteiger partial charge in [0, 0.05) is 6.04 Å². The molecule has 1 aromatic rings. The lowest BCUT2D eigenvalue weighted by Gasteiger charge is -2.31. The van der Waals surface area contributed by atoms with Gasteiger partial charge in [-0.2, -0.15) is 0 Å². The Morgan fingerprint density at radius 2 is 2.47 bits per heavy atom. The molecule has 0 bridgehead atoms. The number of rotatable bonds is 3. The first-order valence-corrected chi connectivity index (χ1v) is 6.61. The highest BCUT2D eigenvalue weighted by Crippen LogP contribution is 2.37. The van der Waals surface area contributed by atoms with E-state index >= 15 is 0 Å². The molecule has 2 N–H and O–H groups in total. The first-order chi connectivity index (χ1) is 7.31. The highest BCUT2D eigenvalue weighted by Gasteiger charge is 2.27. The zero-order valence-electron chi connectivity index (χ0n) is 9.22. The van der Waals surface area contributed by atoms with Gasteiger partial charge >= 0.3 is 0 Å². The van der Waals surface area contributed by atoms with E-state index in [-0.39, 0.29) is 6.04 Å². The SMILES string of the molecule is CCC1CCCC(C(N)c2cnns2)C1. The molecule has 0 saturated heterocycles. The molecule has 1 aromatic heterocycles. The monoisotopic (exact) mass is 225 g/mol. The Morgan fingerprint density at radius 3 is 3.13 bits per heavy atom. The summed E-state index contributed by atoms with van der Waals surface area (Å²) >= 11 is 1.45. The van der Waals surface area contributed by atoms with Gasteiger partial charge in [-0.3, -0.25) is 0 Å². The Balaban J connectivity index is 1.98. The molecule has 1 fully saturated rings. The summed E-state index contributed by atoms with van der Waals surface area (Å²) in [4.78, 5) is 1.15. The number of nitrogens with zero attached hydrogens (tertiary/aromatic N) is 2. The maximum atomic E-state index is 6.26. The van der Waals surface area contributed by atoms with Crippen molar-refractivity contribution >= 4 is 11.5 Å². The molecule has 0 aliphatic heterocycles. The lowest BCUT2D eigenvalue weighted by Crippen LogP contribution is -2.26. The predicted molar refractivity (Wildman–Crippen MR) is 62.6 cm³/mol. The van der Waals surface area contributed by atoms with Gasteiger partial charge in [-0.25, -0.2) is 0 Å². The summed E-state index contributed by atoms with van der Waals surface area (Å²) in [7, 11) is 0. The highest BCUT2D eigenvalue weighted by molar-refractivity contribution is 7.05. The van der Waals surface area contributed by atoms with E-state index in [1.807, 2.05) is 6.20 Å². The van der Waals surface area contributed by atoms with Crippen LogP contribution >= 0.6 is 11.5 Å². The van der Waals surface area contributed by atoms with Crippen molar-refractivity contribution in [1.82, 2.24) is 9.59 Å². The van der Waals surface area contributed by atoms with Crippen LogP contribution in [-0.2, 0) is 0 Å². The van der Waals surface area contributed by atoms with Crippen molar-refractivity contribution in [2.24, 2.45) is 17.6 Å². The molecule has 15 heavy (non-hydrogen) atoms. The minimum atomic E-state index is 0.166. The quantitative estimate of drug-likeness (QED) is 0.860. The minimum absolute atomic E-state index is 0.166. The molecule has 0 radical (unpaired) electrons. The van der Waals surface area contributed by atoms with Gasteiger partial charge in [0.25, 0.3) is 0 Å². The van der Waals surface area contributed by atoms with Gasteiger partial charge < -0.3 is 5.73 Å². The summed E-state index contributed by atoms with van der Waals surface area (Å²) < 4.78 is 3.89. The normalized spacial score (nSPS) is 28.9. The van der Waals surface area contributed by atoms with Crippen LogP contribution in [0.25, 0.3) is 0 Å². The van der Waals surface area contributed by atoms with Crippen LogP contribution in [0.5, 0.6) is 0 Å². The third-order valence-electron chi connectivity index (χ3n) is 3.62. The van der Waals surface area contributed by atoms with Gasteiger partial charge in [0.05, 0.1) is 11.1 Å². The molecular formula is C11H19N3S. The van der Waals surface area contributed by atoms with Crippen LogP contribution in [0.1, 0.15) is 49.9 Å². The van der Waals surface area contributed by atoms with Crippen molar-refractivity contribution in [2.75, 3.05) is 0 Å². The van der Waals surface area contributed by atoms with Crippen LogP contribution in [0, 0.1) is 11.8 Å². The Hall–Kier alpha value is -0.480. The van der Waals surface area contributed by atoms with Crippen molar-refractivity contribution < 1.29 is 0 Å². The topological polar surface area (TPSA) is 51.8 Å². The molecule has 0 amide bonds. The van der Waals surface area contributed by atoms with Crippen molar-refractivity contribution in [3.8, 4) is 0 Å². The molecule has 4 heteroatoms. The average Bonchev–Trinajstić information content (AvgIpc) is 2.81. The summed E-state index contributed by atoms with van der Waals surface area (Å²) in [6.45, 7) is 2.28. The van der Waals surface area contributed by atoms with E-state index in [1.165, 1.54) is 43.6 Å². The van der Waals surface area contributed by atoms with Gasteiger partial charge in [0.2, 0.25) is 0 Å². The summed E-state index contributed by atoms with van der Waals surface area (Å²) in [5, 5.41) is 3.87. The summed E-state index contributed by atoms with van der Waals surface area (Å²) in [5.41, 5.74) is 6.26. The summed E-state index contributed by atoms with van der Waals surface area (Å²) in [5.74, 6) is 1.53. The molecule has 1 heterocycles. The Morgan fingerprint density at radius 1 is 1.60 bits per heavy atom. The minimum Gasteiger partial charge on any atom is -0.323 e. The van der Waals surface area contributed by atoms with Crippen LogP contribution < -0.4 is 5.73 Å². The van der Waals surface area contributed by atoms with Crippen LogP contribution in [0.3, 0.4) is 0 Å². The Bertz CT molecular complexity index is 286. The number of aromatic nitrogens is 2. The van der Waals surface area contributed by atoms with E-state index in [2.05, 4.69) is 16.5 Å². The lowest BCUT2D eigenvalue weighted by atomic mass is 9.77. The first kappa shape index (κ1) is 11.0. The number of hydrogen-bond acceptors (Lipinski definition) is 4. The maximum Gasteiger partial charge on any atom is 0.0669 e. The summed E-state index contributed by atoms with van der Waals surface area (Å²) in [6, 6.07) is 0.166. The molecule has 3 atom stereocenters. The highest BCUT2D eigenvalue weighted by atomic mass is 32.1. The second-order valence-electron chi connectivity index (χ2n) is 4.55. The van der Waals surface area contributed by atoms with E-state index in [9.17, 15) is 0 Å². The third kappa shape index (κ3) is 2.55. The van der Waals surface area contributed by atoms with Crippen molar-refractivity contribution in [2.45, 2.75) is 45.1 Å². The molecule has 1 aliphatic rings. The van der Waals surface area contributed by atoms with E-state index in [4.69, 9.17) is 5.73 Å². The predicted octanol–water partition coefficient (Wildman–Crippen LogP) is 2.75. The Kier molecular flexibility index (Phi) is 3.70. The molecule has 2 rings (SSSR count). The van der Waals surface area contributed by atoms with Gasteiger partial charge in [0.1, 0.15) is 0 Å². The first-order valence-electron chi connectivity index (χ1n) is 5.84. The second-order valence-corrected chi connectivity index (χ2v) is 5.36. The molecule has 3 nitrogen and oxygen atoms in total. The van der Waals surface area contributed by atoms with E-state index in [0.29, 0.717) is 5.92 Å². The van der Waals surface area contributed by atoms with Crippen molar-refractivity contribution in [3.63, 3.8) is 0 Å². The third-order valence-corrected chi connectivity index (χ3v) is 4.38. The number of hydrogen-bond donors (Lipinski definition) is 1. The van der Waals surface area contributed by atoms with Gasteiger partial charge in [-0.05, 0) is 36.2 Å². The molecule has 0 spiro atoms. The Labute approximate surface area is 95.2 Å². The average molecular weight is 225 g/mol. The second kappa shape index (κ2) is 5.03. The van der Waals surface area contributed by atoms with Gasteiger partial charge in [-0.1, -0.05) is 30.7 Å². The molecule has 84 valence electrons. The largest absolute Gasteiger partial charge is 0.323 e. The van der Waals surface area contributed by atoms with Crippen LogP contribution in [-0.4, -0.2) is 9.59 Å². The maximum absolute atomic E-state index is 6.26. The van der Waals surface area contributed by atoms with Gasteiger partial charge in [-0.15, -0.1) is 5.10 Å². The zero-order valence-corrected chi connectivity index (χ0v) is 10.0. The molecule has 3 unspecified atom stereocenters. The molecular weight excluding hydrogens is 206 g/mol. The number of nitrogens with two attached hydrogens (primary N) is 1. The van der Waals surface area contributed by atoms with Crippen molar-refractivity contribution in [1.29, 1.82) is 0 Å². The summed E-state index contributed by atoms with van der Waals surface area (Å²) in [6.07, 6.45) is 8.41. The van der Waals surface area contributed by atoms with Crippen LogP contribution in [0.15, 0.2) is 6.20 Å². The standard InChI is InChI=1S/C11H19N3S/c1-2-8-4-3-5-9(6-8)11(12)10-7-13-14-15-10/h7-9,11H,2-6,12H2,1H3. The van der Waals surface area contributed by atoms with Crippen LogP contribution in [0.2, 0.25) is 0 Å². The molecule has 0 aromatic carbocycles. The van der Waals surface area contributed by atoms with Gasteiger partial charge in [0.15, 0.2) is 0 Å².